The van der Waals surface area contributed by atoms with Gasteiger partial charge in [-0.05, 0) is 47.5 Å². The van der Waals surface area contributed by atoms with Crippen LogP contribution in [0.4, 0.5) is 5.69 Å². The second-order valence-corrected chi connectivity index (χ2v) is 9.45. The predicted octanol–water partition coefficient (Wildman–Crippen LogP) is 3.95. The van der Waals surface area contributed by atoms with Crippen molar-refractivity contribution in [3.63, 3.8) is 0 Å². The first-order valence-electron chi connectivity index (χ1n) is 11.6. The minimum atomic E-state index is -1.45. The van der Waals surface area contributed by atoms with Crippen molar-refractivity contribution in [1.29, 1.82) is 0 Å². The molecule has 8 heteroatoms. The molecule has 3 aromatic rings. The van der Waals surface area contributed by atoms with Crippen LogP contribution in [-0.4, -0.2) is 37.5 Å². The molecule has 184 valence electrons. The lowest BCUT2D eigenvalue weighted by Crippen LogP contribution is -2.57. The normalized spacial score (nSPS) is 25.1. The van der Waals surface area contributed by atoms with Gasteiger partial charge in [-0.15, -0.1) is 0 Å². The van der Waals surface area contributed by atoms with Crippen molar-refractivity contribution in [2.45, 2.75) is 18.0 Å². The monoisotopic (exact) mass is 504 g/mol. The van der Waals surface area contributed by atoms with Crippen molar-refractivity contribution in [1.82, 2.24) is 5.32 Å². The third-order valence-electron chi connectivity index (χ3n) is 7.09. The first-order valence-corrected chi connectivity index (χ1v) is 11.9. The van der Waals surface area contributed by atoms with Gasteiger partial charge in [-0.25, -0.2) is 4.90 Å². The van der Waals surface area contributed by atoms with Gasteiger partial charge in [0.05, 0.1) is 31.7 Å². The van der Waals surface area contributed by atoms with E-state index in [9.17, 15) is 14.4 Å². The number of hydrogen-bond donors (Lipinski definition) is 1. The molecule has 2 aliphatic heterocycles. The number of methoxy groups -OCH3 is 2. The fourth-order valence-corrected chi connectivity index (χ4v) is 5.59. The molecular formula is C28H25ClN2O5. The number of carbonyl (C=O) groups is 3. The van der Waals surface area contributed by atoms with Crippen molar-refractivity contribution in [3.05, 3.63) is 95.0 Å². The van der Waals surface area contributed by atoms with E-state index in [1.54, 1.807) is 43.5 Å². The van der Waals surface area contributed by atoms with Crippen molar-refractivity contribution in [2.24, 2.45) is 11.8 Å². The van der Waals surface area contributed by atoms with Crippen LogP contribution in [0.5, 0.6) is 5.75 Å². The van der Waals surface area contributed by atoms with Gasteiger partial charge in [0.25, 0.3) is 0 Å². The number of rotatable bonds is 6. The number of esters is 1. The lowest BCUT2D eigenvalue weighted by molar-refractivity contribution is -0.152. The summed E-state index contributed by atoms with van der Waals surface area (Å²) < 4.78 is 10.5. The van der Waals surface area contributed by atoms with E-state index in [0.29, 0.717) is 16.5 Å². The van der Waals surface area contributed by atoms with E-state index in [1.807, 2.05) is 42.5 Å². The SMILES string of the molecule is COC(=O)[C@@]1(Cc2ccccc2)N[C@H](c2ccc(OC)cc2)[C@@H]2C(=O)N(c3ccc(Cl)cc3)C(=O)[C@@H]21. The summed E-state index contributed by atoms with van der Waals surface area (Å²) in [4.78, 5) is 42.6. The highest BCUT2D eigenvalue weighted by atomic mass is 35.5. The van der Waals surface area contributed by atoms with Crippen LogP contribution in [0.1, 0.15) is 17.2 Å². The third-order valence-corrected chi connectivity index (χ3v) is 7.34. The zero-order chi connectivity index (χ0) is 25.4. The fraction of sp³-hybridized carbons (Fsp3) is 0.250. The summed E-state index contributed by atoms with van der Waals surface area (Å²) in [5, 5.41) is 3.89. The fourth-order valence-electron chi connectivity index (χ4n) is 5.47. The van der Waals surface area contributed by atoms with Crippen LogP contribution in [0.15, 0.2) is 78.9 Å². The number of amides is 2. The summed E-state index contributed by atoms with van der Waals surface area (Å²) in [6, 6.07) is 22.6. The number of nitrogens with one attached hydrogen (secondary N) is 1. The van der Waals surface area contributed by atoms with E-state index < -0.39 is 35.3 Å². The highest BCUT2D eigenvalue weighted by Gasteiger charge is 2.68. The molecule has 0 aliphatic carbocycles. The van der Waals surface area contributed by atoms with Crippen LogP contribution in [-0.2, 0) is 25.5 Å². The van der Waals surface area contributed by atoms with E-state index >= 15 is 0 Å². The first kappa shape index (κ1) is 24.0. The number of benzene rings is 3. The lowest BCUT2D eigenvalue weighted by atomic mass is 9.76. The summed E-state index contributed by atoms with van der Waals surface area (Å²) in [5.41, 5.74) is 0.577. The molecule has 5 rings (SSSR count). The number of imide groups is 1. The molecule has 2 heterocycles. The maximum Gasteiger partial charge on any atom is 0.327 e. The Labute approximate surface area is 214 Å². The molecule has 7 nitrogen and oxygen atoms in total. The van der Waals surface area contributed by atoms with Gasteiger partial charge in [-0.3, -0.25) is 19.7 Å². The van der Waals surface area contributed by atoms with Crippen LogP contribution in [0.3, 0.4) is 0 Å². The Hall–Kier alpha value is -3.68. The van der Waals surface area contributed by atoms with E-state index in [2.05, 4.69) is 5.32 Å². The Kier molecular flexibility index (Phi) is 6.28. The molecule has 0 unspecified atom stereocenters. The second-order valence-electron chi connectivity index (χ2n) is 9.01. The van der Waals surface area contributed by atoms with Crippen LogP contribution < -0.4 is 15.0 Å². The van der Waals surface area contributed by atoms with E-state index in [0.717, 1.165) is 11.1 Å². The molecule has 0 spiro atoms. The maximum atomic E-state index is 14.0. The number of fused-ring (bicyclic) bond motifs is 1. The zero-order valence-corrected chi connectivity index (χ0v) is 20.6. The minimum Gasteiger partial charge on any atom is -0.497 e. The average molecular weight is 505 g/mol. The summed E-state index contributed by atoms with van der Waals surface area (Å²) in [5.74, 6) is -2.54. The molecule has 0 bridgehead atoms. The number of anilines is 1. The second kappa shape index (κ2) is 9.41. The molecule has 2 amide bonds. The molecule has 2 saturated heterocycles. The van der Waals surface area contributed by atoms with Crippen molar-refractivity contribution in [3.8, 4) is 5.75 Å². The molecule has 0 radical (unpaired) electrons. The van der Waals surface area contributed by atoms with Gasteiger partial charge in [0.2, 0.25) is 11.8 Å². The number of nitrogens with zero attached hydrogens (tertiary/aromatic N) is 1. The molecule has 2 fully saturated rings. The number of halogens is 1. The summed E-state index contributed by atoms with van der Waals surface area (Å²) in [7, 11) is 2.87. The van der Waals surface area contributed by atoms with Gasteiger partial charge in [0.15, 0.2) is 0 Å². The predicted molar refractivity (Wildman–Crippen MR) is 135 cm³/mol. The van der Waals surface area contributed by atoms with Gasteiger partial charge >= 0.3 is 5.97 Å². The quantitative estimate of drug-likeness (QED) is 0.404. The van der Waals surface area contributed by atoms with Crippen molar-refractivity contribution >= 4 is 35.1 Å². The van der Waals surface area contributed by atoms with E-state index in [-0.39, 0.29) is 12.3 Å². The van der Waals surface area contributed by atoms with E-state index in [4.69, 9.17) is 21.1 Å². The standard InChI is InChI=1S/C28H25ClN2O5/c1-35-21-14-8-18(9-15-21)24-22-23(26(33)31(25(22)32)20-12-10-19(29)11-13-20)28(30-24,27(34)36-2)16-17-6-4-3-5-7-17/h3-15,22-24,30H,16H2,1-2H3/t22-,23-,24-,28+/m1/s1. The number of hydrogen-bond acceptors (Lipinski definition) is 6. The first-order chi connectivity index (χ1) is 17.4. The minimum absolute atomic E-state index is 0.182. The largest absolute Gasteiger partial charge is 0.497 e. The van der Waals surface area contributed by atoms with Crippen molar-refractivity contribution < 1.29 is 23.9 Å². The molecule has 36 heavy (non-hydrogen) atoms. The Morgan fingerprint density at radius 3 is 2.22 bits per heavy atom. The highest BCUT2D eigenvalue weighted by Crippen LogP contribution is 2.51. The Balaban J connectivity index is 1.66. The molecule has 4 atom stereocenters. The van der Waals surface area contributed by atoms with Gasteiger partial charge in [0, 0.05) is 17.5 Å². The smallest absolute Gasteiger partial charge is 0.327 e. The van der Waals surface area contributed by atoms with Crippen molar-refractivity contribution in [2.75, 3.05) is 19.1 Å². The van der Waals surface area contributed by atoms with Gasteiger partial charge in [-0.2, -0.15) is 0 Å². The molecular weight excluding hydrogens is 480 g/mol. The molecule has 0 saturated carbocycles. The van der Waals surface area contributed by atoms with Crippen LogP contribution in [0.25, 0.3) is 0 Å². The number of carbonyl (C=O) groups excluding carboxylic acids is 3. The Bertz CT molecular complexity index is 1300. The molecule has 3 aromatic carbocycles. The van der Waals surface area contributed by atoms with Gasteiger partial charge < -0.3 is 9.47 Å². The molecule has 0 aromatic heterocycles. The highest BCUT2D eigenvalue weighted by molar-refractivity contribution is 6.31. The average Bonchev–Trinajstić information content (AvgIpc) is 3.38. The third kappa shape index (κ3) is 3.85. The van der Waals surface area contributed by atoms with Crippen LogP contribution >= 0.6 is 11.6 Å². The Morgan fingerprint density at radius 1 is 0.944 bits per heavy atom. The van der Waals surface area contributed by atoms with Gasteiger partial charge in [-0.1, -0.05) is 54.1 Å². The lowest BCUT2D eigenvalue weighted by Gasteiger charge is -2.32. The summed E-state index contributed by atoms with van der Waals surface area (Å²) in [6.07, 6.45) is 0.182. The molecule has 2 aliphatic rings. The molecule has 1 N–H and O–H groups in total. The van der Waals surface area contributed by atoms with Gasteiger partial charge in [0.1, 0.15) is 11.3 Å². The Morgan fingerprint density at radius 2 is 1.61 bits per heavy atom. The summed E-state index contributed by atoms with van der Waals surface area (Å²) in [6.45, 7) is 0. The van der Waals surface area contributed by atoms with Crippen LogP contribution in [0.2, 0.25) is 5.02 Å². The van der Waals surface area contributed by atoms with E-state index in [1.165, 1.54) is 12.0 Å². The topological polar surface area (TPSA) is 84.9 Å². The maximum absolute atomic E-state index is 14.0. The number of ether oxygens (including phenoxy) is 2. The summed E-state index contributed by atoms with van der Waals surface area (Å²) >= 11 is 6.04. The zero-order valence-electron chi connectivity index (χ0n) is 19.8. The van der Waals surface area contributed by atoms with Crippen LogP contribution in [0, 0.1) is 11.8 Å².